The van der Waals surface area contributed by atoms with Crippen LogP contribution in [0.2, 0.25) is 0 Å². The summed E-state index contributed by atoms with van der Waals surface area (Å²) >= 11 is 0. The van der Waals surface area contributed by atoms with E-state index in [-0.39, 0.29) is 16.8 Å². The van der Waals surface area contributed by atoms with E-state index in [2.05, 4.69) is 0 Å². The summed E-state index contributed by atoms with van der Waals surface area (Å²) in [5.74, 6) is -1.16. The molecule has 0 aliphatic heterocycles. The van der Waals surface area contributed by atoms with Gasteiger partial charge in [-0.1, -0.05) is 6.07 Å². The van der Waals surface area contributed by atoms with Gasteiger partial charge in [-0.25, -0.2) is 9.18 Å². The lowest BCUT2D eigenvalue weighted by molar-refractivity contribution is 0.0695. The van der Waals surface area contributed by atoms with Gasteiger partial charge in [-0.2, -0.15) is 0 Å². The average molecular weight is 169 g/mol. The van der Waals surface area contributed by atoms with E-state index in [9.17, 15) is 9.18 Å². The van der Waals surface area contributed by atoms with Gasteiger partial charge in [0.1, 0.15) is 6.67 Å². The van der Waals surface area contributed by atoms with Crippen molar-refractivity contribution in [3.63, 3.8) is 0 Å². The van der Waals surface area contributed by atoms with Crippen LogP contribution in [-0.4, -0.2) is 11.1 Å². The smallest absolute Gasteiger partial charge is 0.336 e. The SMILES string of the molecule is Nc1cccc(C(=O)O)c1CF. The second-order valence-electron chi connectivity index (χ2n) is 2.31. The first-order valence-corrected chi connectivity index (χ1v) is 3.33. The third-order valence-electron chi connectivity index (χ3n) is 1.58. The predicted octanol–water partition coefficient (Wildman–Crippen LogP) is 1.44. The molecule has 0 unspecified atom stereocenters. The molecule has 0 spiro atoms. The molecule has 0 saturated carbocycles. The van der Waals surface area contributed by atoms with Crippen LogP contribution in [0, 0.1) is 0 Å². The number of carboxylic acid groups (broad SMARTS) is 1. The topological polar surface area (TPSA) is 63.3 Å². The molecular weight excluding hydrogens is 161 g/mol. The van der Waals surface area contributed by atoms with E-state index in [0.717, 1.165) is 0 Å². The van der Waals surface area contributed by atoms with Crippen molar-refractivity contribution < 1.29 is 14.3 Å². The zero-order valence-electron chi connectivity index (χ0n) is 6.25. The first kappa shape index (κ1) is 8.52. The van der Waals surface area contributed by atoms with Gasteiger partial charge in [0.2, 0.25) is 0 Å². The molecular formula is C8H8FNO2. The van der Waals surface area contributed by atoms with Gasteiger partial charge in [0, 0.05) is 11.3 Å². The van der Waals surface area contributed by atoms with Crippen molar-refractivity contribution in [3.05, 3.63) is 29.3 Å². The highest BCUT2D eigenvalue weighted by molar-refractivity contribution is 5.91. The quantitative estimate of drug-likeness (QED) is 0.658. The predicted molar refractivity (Wildman–Crippen MR) is 42.6 cm³/mol. The molecule has 12 heavy (non-hydrogen) atoms. The Kier molecular flexibility index (Phi) is 2.28. The number of rotatable bonds is 2. The number of aromatic carboxylic acids is 1. The van der Waals surface area contributed by atoms with Gasteiger partial charge in [0.25, 0.3) is 0 Å². The first-order chi connectivity index (χ1) is 5.66. The maximum Gasteiger partial charge on any atom is 0.336 e. The van der Waals surface area contributed by atoms with Crippen LogP contribution in [0.3, 0.4) is 0 Å². The fourth-order valence-electron chi connectivity index (χ4n) is 0.954. The summed E-state index contributed by atoms with van der Waals surface area (Å²) in [4.78, 5) is 10.5. The first-order valence-electron chi connectivity index (χ1n) is 3.33. The molecule has 0 bridgehead atoms. The number of benzene rings is 1. The molecule has 0 radical (unpaired) electrons. The minimum atomic E-state index is -1.16. The Bertz CT molecular complexity index is 312. The Morgan fingerprint density at radius 1 is 1.58 bits per heavy atom. The van der Waals surface area contributed by atoms with E-state index in [1.165, 1.54) is 18.2 Å². The second kappa shape index (κ2) is 3.21. The van der Waals surface area contributed by atoms with Gasteiger partial charge in [0.05, 0.1) is 5.56 Å². The Balaban J connectivity index is 3.27. The molecule has 1 aromatic rings. The Labute approximate surface area is 68.6 Å². The summed E-state index contributed by atoms with van der Waals surface area (Å²) in [7, 11) is 0. The van der Waals surface area contributed by atoms with Crippen molar-refractivity contribution in [2.45, 2.75) is 6.67 Å². The normalized spacial score (nSPS) is 9.75. The molecule has 1 aromatic carbocycles. The fraction of sp³-hybridized carbons (Fsp3) is 0.125. The molecule has 0 atom stereocenters. The maximum atomic E-state index is 12.3. The minimum absolute atomic E-state index is 0.0463. The average Bonchev–Trinajstić information content (AvgIpc) is 2.03. The molecule has 0 aromatic heterocycles. The molecule has 0 amide bonds. The minimum Gasteiger partial charge on any atom is -0.478 e. The van der Waals surface area contributed by atoms with Crippen LogP contribution in [0.5, 0.6) is 0 Å². The summed E-state index contributed by atoms with van der Waals surface area (Å²) in [5, 5.41) is 8.60. The monoisotopic (exact) mass is 169 g/mol. The van der Waals surface area contributed by atoms with E-state index >= 15 is 0 Å². The van der Waals surface area contributed by atoms with Gasteiger partial charge >= 0.3 is 5.97 Å². The third kappa shape index (κ3) is 1.37. The molecule has 0 aliphatic rings. The van der Waals surface area contributed by atoms with E-state index in [0.29, 0.717) is 0 Å². The van der Waals surface area contributed by atoms with Crippen molar-refractivity contribution in [3.8, 4) is 0 Å². The van der Waals surface area contributed by atoms with E-state index in [4.69, 9.17) is 10.8 Å². The summed E-state index contributed by atoms with van der Waals surface area (Å²) in [5.41, 5.74) is 5.52. The van der Waals surface area contributed by atoms with Gasteiger partial charge in [-0.05, 0) is 12.1 Å². The van der Waals surface area contributed by atoms with Crippen LogP contribution < -0.4 is 5.73 Å². The molecule has 3 N–H and O–H groups in total. The van der Waals surface area contributed by atoms with Crippen molar-refractivity contribution in [2.75, 3.05) is 5.73 Å². The summed E-state index contributed by atoms with van der Waals surface area (Å²) in [6.07, 6.45) is 0. The number of carbonyl (C=O) groups is 1. The lowest BCUT2D eigenvalue weighted by Gasteiger charge is -2.03. The number of carboxylic acids is 1. The number of nitrogen functional groups attached to an aromatic ring is 1. The highest BCUT2D eigenvalue weighted by Gasteiger charge is 2.11. The van der Waals surface area contributed by atoms with Gasteiger partial charge in [-0.15, -0.1) is 0 Å². The Morgan fingerprint density at radius 2 is 2.25 bits per heavy atom. The van der Waals surface area contributed by atoms with Crippen LogP contribution in [-0.2, 0) is 6.67 Å². The molecule has 0 saturated heterocycles. The van der Waals surface area contributed by atoms with Crippen LogP contribution in [0.4, 0.5) is 10.1 Å². The number of hydrogen-bond acceptors (Lipinski definition) is 2. The van der Waals surface area contributed by atoms with Gasteiger partial charge in [0.15, 0.2) is 0 Å². The maximum absolute atomic E-state index is 12.3. The summed E-state index contributed by atoms with van der Waals surface area (Å²) in [6, 6.07) is 4.28. The Hall–Kier alpha value is -1.58. The van der Waals surface area contributed by atoms with E-state index < -0.39 is 12.6 Å². The zero-order valence-corrected chi connectivity index (χ0v) is 6.25. The van der Waals surface area contributed by atoms with Crippen molar-refractivity contribution in [2.24, 2.45) is 0 Å². The van der Waals surface area contributed by atoms with Crippen LogP contribution in [0.15, 0.2) is 18.2 Å². The van der Waals surface area contributed by atoms with Crippen molar-refractivity contribution >= 4 is 11.7 Å². The second-order valence-corrected chi connectivity index (χ2v) is 2.31. The zero-order chi connectivity index (χ0) is 9.14. The van der Waals surface area contributed by atoms with Gasteiger partial charge in [-0.3, -0.25) is 0 Å². The molecule has 3 nitrogen and oxygen atoms in total. The standard InChI is InChI=1S/C8H8FNO2/c9-4-6-5(8(11)12)2-1-3-7(6)10/h1-3H,4,10H2,(H,11,12). The molecule has 0 heterocycles. The number of alkyl halides is 1. The third-order valence-corrected chi connectivity index (χ3v) is 1.58. The molecule has 64 valence electrons. The van der Waals surface area contributed by atoms with Crippen LogP contribution >= 0.6 is 0 Å². The van der Waals surface area contributed by atoms with Crippen LogP contribution in [0.1, 0.15) is 15.9 Å². The van der Waals surface area contributed by atoms with Crippen molar-refractivity contribution in [1.29, 1.82) is 0 Å². The summed E-state index contributed by atoms with van der Waals surface area (Å²) in [6.45, 7) is -0.853. The number of anilines is 1. The lowest BCUT2D eigenvalue weighted by atomic mass is 10.1. The molecule has 4 heteroatoms. The van der Waals surface area contributed by atoms with E-state index in [1.54, 1.807) is 0 Å². The summed E-state index contributed by atoms with van der Waals surface area (Å²) < 4.78 is 12.3. The number of hydrogen-bond donors (Lipinski definition) is 2. The highest BCUT2D eigenvalue weighted by Crippen LogP contribution is 2.17. The largest absolute Gasteiger partial charge is 0.478 e. The van der Waals surface area contributed by atoms with E-state index in [1.807, 2.05) is 0 Å². The number of halogens is 1. The lowest BCUT2D eigenvalue weighted by Crippen LogP contribution is -2.04. The highest BCUT2D eigenvalue weighted by atomic mass is 19.1. The molecule has 0 fully saturated rings. The molecule has 0 aliphatic carbocycles. The van der Waals surface area contributed by atoms with Crippen molar-refractivity contribution in [1.82, 2.24) is 0 Å². The van der Waals surface area contributed by atoms with Crippen LogP contribution in [0.25, 0.3) is 0 Å². The molecule has 1 rings (SSSR count). The number of nitrogens with two attached hydrogens (primary N) is 1. The fourth-order valence-corrected chi connectivity index (χ4v) is 0.954. The Morgan fingerprint density at radius 3 is 2.67 bits per heavy atom. The van der Waals surface area contributed by atoms with Gasteiger partial charge < -0.3 is 10.8 Å².